The van der Waals surface area contributed by atoms with E-state index >= 15 is 0 Å². The number of carbonyl (C=O) groups excluding carboxylic acids is 1. The number of likely N-dealkylation sites (tertiary alicyclic amines) is 1. The van der Waals surface area contributed by atoms with Crippen molar-refractivity contribution >= 4 is 5.91 Å². The number of carbonyl (C=O) groups is 1. The Labute approximate surface area is 103 Å². The van der Waals surface area contributed by atoms with Gasteiger partial charge in [-0.3, -0.25) is 4.79 Å². The van der Waals surface area contributed by atoms with Crippen molar-refractivity contribution in [1.29, 1.82) is 0 Å². The summed E-state index contributed by atoms with van der Waals surface area (Å²) in [6.07, 6.45) is 2.25. The Morgan fingerprint density at radius 3 is 2.59 bits per heavy atom. The number of primary amides is 1. The lowest BCUT2D eigenvalue weighted by atomic mass is 9.86. The van der Waals surface area contributed by atoms with Crippen molar-refractivity contribution in [2.24, 2.45) is 5.73 Å². The zero-order valence-electron chi connectivity index (χ0n) is 10.4. The first kappa shape index (κ1) is 12.1. The second-order valence-corrected chi connectivity index (χ2v) is 4.66. The summed E-state index contributed by atoms with van der Waals surface area (Å²) in [4.78, 5) is 13.8. The molecule has 92 valence electrons. The Hall–Kier alpha value is -1.35. The molecule has 1 aliphatic rings. The number of hydrogen-bond acceptors (Lipinski definition) is 2. The van der Waals surface area contributed by atoms with Crippen LogP contribution in [0.25, 0.3) is 0 Å². The van der Waals surface area contributed by atoms with Crippen LogP contribution in [0.5, 0.6) is 0 Å². The van der Waals surface area contributed by atoms with Gasteiger partial charge in [-0.15, -0.1) is 0 Å². The van der Waals surface area contributed by atoms with E-state index in [4.69, 9.17) is 5.73 Å². The molecule has 0 bridgehead atoms. The van der Waals surface area contributed by atoms with E-state index in [-0.39, 0.29) is 5.91 Å². The van der Waals surface area contributed by atoms with Crippen LogP contribution in [0.3, 0.4) is 0 Å². The first-order valence-corrected chi connectivity index (χ1v) is 6.33. The average Bonchev–Trinajstić information content (AvgIpc) is 2.39. The third-order valence-electron chi connectivity index (χ3n) is 3.70. The van der Waals surface area contributed by atoms with E-state index in [0.29, 0.717) is 11.5 Å². The molecule has 2 rings (SSSR count). The van der Waals surface area contributed by atoms with Crippen LogP contribution >= 0.6 is 0 Å². The molecule has 1 heterocycles. The maximum atomic E-state index is 11.4. The van der Waals surface area contributed by atoms with Gasteiger partial charge in [-0.2, -0.15) is 0 Å². The van der Waals surface area contributed by atoms with Gasteiger partial charge in [-0.05, 0) is 50.0 Å². The Morgan fingerprint density at radius 1 is 1.35 bits per heavy atom. The number of nitrogens with two attached hydrogens (primary N) is 1. The summed E-state index contributed by atoms with van der Waals surface area (Å²) in [5, 5.41) is 0. The van der Waals surface area contributed by atoms with E-state index in [1.54, 1.807) is 0 Å². The molecule has 17 heavy (non-hydrogen) atoms. The van der Waals surface area contributed by atoms with Gasteiger partial charge in [-0.1, -0.05) is 25.1 Å². The molecule has 1 amide bonds. The molecule has 0 aliphatic carbocycles. The summed E-state index contributed by atoms with van der Waals surface area (Å²) in [7, 11) is 0. The predicted molar refractivity (Wildman–Crippen MR) is 69.0 cm³/mol. The standard InChI is InChI=1S/C14H20N2O/c1-2-16-9-7-11(8-10-16)12-5-3-4-6-13(12)14(15)17/h3-6,11H,2,7-10H2,1H3,(H2,15,17). The first-order valence-electron chi connectivity index (χ1n) is 6.33. The van der Waals surface area contributed by atoms with Crippen molar-refractivity contribution in [3.63, 3.8) is 0 Å². The van der Waals surface area contributed by atoms with Crippen LogP contribution in [-0.2, 0) is 0 Å². The van der Waals surface area contributed by atoms with Crippen LogP contribution in [0.4, 0.5) is 0 Å². The molecule has 0 saturated carbocycles. The summed E-state index contributed by atoms with van der Waals surface area (Å²) >= 11 is 0. The molecule has 3 heteroatoms. The van der Waals surface area contributed by atoms with E-state index < -0.39 is 0 Å². The number of benzene rings is 1. The van der Waals surface area contributed by atoms with Crippen LogP contribution in [0.2, 0.25) is 0 Å². The lowest BCUT2D eigenvalue weighted by Gasteiger charge is -2.31. The molecule has 0 radical (unpaired) electrons. The summed E-state index contributed by atoms with van der Waals surface area (Å²) in [6.45, 7) is 5.55. The Kier molecular flexibility index (Phi) is 3.79. The predicted octanol–water partition coefficient (Wildman–Crippen LogP) is 1.98. The summed E-state index contributed by atoms with van der Waals surface area (Å²) < 4.78 is 0. The fourth-order valence-corrected chi connectivity index (χ4v) is 2.64. The highest BCUT2D eigenvalue weighted by molar-refractivity contribution is 5.94. The van der Waals surface area contributed by atoms with E-state index in [9.17, 15) is 4.79 Å². The maximum absolute atomic E-state index is 11.4. The van der Waals surface area contributed by atoms with Gasteiger partial charge in [0.1, 0.15) is 0 Å². The minimum absolute atomic E-state index is 0.307. The van der Waals surface area contributed by atoms with Crippen molar-refractivity contribution < 1.29 is 4.79 Å². The first-order chi connectivity index (χ1) is 8.22. The van der Waals surface area contributed by atoms with Gasteiger partial charge in [-0.25, -0.2) is 0 Å². The molecule has 0 aromatic heterocycles. The van der Waals surface area contributed by atoms with Crippen LogP contribution < -0.4 is 5.73 Å². The lowest BCUT2D eigenvalue weighted by Crippen LogP contribution is -2.33. The highest BCUT2D eigenvalue weighted by Crippen LogP contribution is 2.30. The smallest absolute Gasteiger partial charge is 0.248 e. The van der Waals surface area contributed by atoms with Crippen molar-refractivity contribution in [2.45, 2.75) is 25.7 Å². The third kappa shape index (κ3) is 2.67. The Morgan fingerprint density at radius 2 is 2.00 bits per heavy atom. The summed E-state index contributed by atoms with van der Waals surface area (Å²) in [5.74, 6) is 0.181. The number of amides is 1. The highest BCUT2D eigenvalue weighted by atomic mass is 16.1. The van der Waals surface area contributed by atoms with Crippen molar-refractivity contribution in [2.75, 3.05) is 19.6 Å². The lowest BCUT2D eigenvalue weighted by molar-refractivity contribution is 0.0998. The van der Waals surface area contributed by atoms with Crippen LogP contribution in [0, 0.1) is 0 Å². The zero-order chi connectivity index (χ0) is 12.3. The minimum Gasteiger partial charge on any atom is -0.366 e. The van der Waals surface area contributed by atoms with Crippen LogP contribution in [0.15, 0.2) is 24.3 Å². The van der Waals surface area contributed by atoms with E-state index in [0.717, 1.165) is 38.0 Å². The number of piperidine rings is 1. The molecule has 1 aromatic rings. The summed E-state index contributed by atoms with van der Waals surface area (Å²) in [6, 6.07) is 7.76. The van der Waals surface area contributed by atoms with Crippen molar-refractivity contribution in [3.05, 3.63) is 35.4 Å². The van der Waals surface area contributed by atoms with Gasteiger partial charge in [0.05, 0.1) is 0 Å². The monoisotopic (exact) mass is 232 g/mol. The second kappa shape index (κ2) is 5.32. The summed E-state index contributed by atoms with van der Waals surface area (Å²) in [5.41, 5.74) is 7.26. The topological polar surface area (TPSA) is 46.3 Å². The Bertz CT molecular complexity index is 395. The fraction of sp³-hybridized carbons (Fsp3) is 0.500. The Balaban J connectivity index is 2.15. The van der Waals surface area contributed by atoms with E-state index in [1.807, 2.05) is 24.3 Å². The largest absolute Gasteiger partial charge is 0.366 e. The van der Waals surface area contributed by atoms with Crippen molar-refractivity contribution in [3.8, 4) is 0 Å². The number of nitrogens with zero attached hydrogens (tertiary/aromatic N) is 1. The van der Waals surface area contributed by atoms with E-state index in [2.05, 4.69) is 11.8 Å². The molecular formula is C14H20N2O. The van der Waals surface area contributed by atoms with Gasteiger partial charge in [0.25, 0.3) is 0 Å². The SMILES string of the molecule is CCN1CCC(c2ccccc2C(N)=O)CC1. The van der Waals surface area contributed by atoms with Gasteiger partial charge >= 0.3 is 0 Å². The molecule has 0 spiro atoms. The number of rotatable bonds is 3. The molecule has 1 saturated heterocycles. The molecule has 0 unspecified atom stereocenters. The molecule has 1 aromatic carbocycles. The zero-order valence-corrected chi connectivity index (χ0v) is 10.4. The normalized spacial score (nSPS) is 18.2. The molecule has 0 atom stereocenters. The van der Waals surface area contributed by atoms with Crippen LogP contribution in [-0.4, -0.2) is 30.4 Å². The maximum Gasteiger partial charge on any atom is 0.248 e. The molecule has 1 aliphatic heterocycles. The van der Waals surface area contributed by atoms with Crippen molar-refractivity contribution in [1.82, 2.24) is 4.90 Å². The van der Waals surface area contributed by atoms with Gasteiger partial charge in [0.2, 0.25) is 5.91 Å². The minimum atomic E-state index is -0.307. The fourth-order valence-electron chi connectivity index (χ4n) is 2.64. The van der Waals surface area contributed by atoms with E-state index in [1.165, 1.54) is 0 Å². The quantitative estimate of drug-likeness (QED) is 0.866. The van der Waals surface area contributed by atoms with Crippen LogP contribution in [0.1, 0.15) is 41.6 Å². The molecular weight excluding hydrogens is 212 g/mol. The molecule has 1 fully saturated rings. The highest BCUT2D eigenvalue weighted by Gasteiger charge is 2.22. The molecule has 2 N–H and O–H groups in total. The average molecular weight is 232 g/mol. The van der Waals surface area contributed by atoms with Gasteiger partial charge in [0, 0.05) is 5.56 Å². The van der Waals surface area contributed by atoms with Gasteiger partial charge in [0.15, 0.2) is 0 Å². The van der Waals surface area contributed by atoms with Gasteiger partial charge < -0.3 is 10.6 Å². The third-order valence-corrected chi connectivity index (χ3v) is 3.70. The second-order valence-electron chi connectivity index (χ2n) is 4.66. The number of hydrogen-bond donors (Lipinski definition) is 1. The molecule has 3 nitrogen and oxygen atoms in total.